The number of amides is 1. The van der Waals surface area contributed by atoms with Crippen molar-refractivity contribution in [3.63, 3.8) is 0 Å². The first kappa shape index (κ1) is 8.49. The highest BCUT2D eigenvalue weighted by atomic mass is 16.5. The van der Waals surface area contributed by atoms with Crippen LogP contribution in [0.2, 0.25) is 0 Å². The molecule has 4 heteroatoms. The van der Waals surface area contributed by atoms with E-state index in [1.165, 1.54) is 0 Å². The minimum atomic E-state index is 0.147. The molecule has 4 nitrogen and oxygen atoms in total. The molecule has 0 aromatic heterocycles. The zero-order valence-electron chi connectivity index (χ0n) is 6.75. The highest BCUT2D eigenvalue weighted by molar-refractivity contribution is 5.77. The van der Waals surface area contributed by atoms with E-state index in [1.807, 2.05) is 0 Å². The molecule has 0 aliphatic carbocycles. The van der Waals surface area contributed by atoms with Gasteiger partial charge in [-0.2, -0.15) is 0 Å². The molecule has 0 spiro atoms. The first-order valence-corrected chi connectivity index (χ1v) is 3.76. The summed E-state index contributed by atoms with van der Waals surface area (Å²) >= 11 is 0. The maximum atomic E-state index is 11.1. The number of nitrogens with two attached hydrogens (primary N) is 1. The second-order valence-electron chi connectivity index (χ2n) is 2.80. The Hall–Kier alpha value is -0.610. The van der Waals surface area contributed by atoms with Crippen molar-refractivity contribution < 1.29 is 9.53 Å². The molecule has 1 amide bonds. The normalized spacial score (nSPS) is 18.2. The third kappa shape index (κ3) is 2.17. The number of nitrogens with zero attached hydrogens (tertiary/aromatic N) is 1. The van der Waals surface area contributed by atoms with E-state index < -0.39 is 0 Å². The van der Waals surface area contributed by atoms with E-state index in [4.69, 9.17) is 10.5 Å². The first-order chi connectivity index (χ1) is 5.24. The molecule has 1 saturated heterocycles. The van der Waals surface area contributed by atoms with Crippen molar-refractivity contribution in [2.75, 3.05) is 26.8 Å². The van der Waals surface area contributed by atoms with Crippen molar-refractivity contribution in [1.82, 2.24) is 4.90 Å². The molecule has 11 heavy (non-hydrogen) atoms. The van der Waals surface area contributed by atoms with E-state index in [0.717, 1.165) is 0 Å². The number of rotatable bonds is 3. The molecule has 64 valence electrons. The number of methoxy groups -OCH3 is 1. The molecule has 0 saturated carbocycles. The van der Waals surface area contributed by atoms with Gasteiger partial charge >= 0.3 is 0 Å². The fourth-order valence-corrected chi connectivity index (χ4v) is 1.06. The quantitative estimate of drug-likeness (QED) is 0.584. The molecule has 1 aliphatic rings. The van der Waals surface area contributed by atoms with Gasteiger partial charge in [0.2, 0.25) is 5.91 Å². The zero-order chi connectivity index (χ0) is 8.27. The second-order valence-corrected chi connectivity index (χ2v) is 2.80. The SMILES string of the molecule is COCCC(=O)N1CC(N)C1. The lowest BCUT2D eigenvalue weighted by atomic mass is 10.1. The topological polar surface area (TPSA) is 55.6 Å². The van der Waals surface area contributed by atoms with E-state index >= 15 is 0 Å². The number of likely N-dealkylation sites (tertiary alicyclic amines) is 1. The summed E-state index contributed by atoms with van der Waals surface area (Å²) in [5.41, 5.74) is 5.51. The lowest BCUT2D eigenvalue weighted by molar-refractivity contribution is -0.136. The number of hydrogen-bond donors (Lipinski definition) is 1. The van der Waals surface area contributed by atoms with Crippen LogP contribution in [0.4, 0.5) is 0 Å². The summed E-state index contributed by atoms with van der Waals surface area (Å²) in [6.45, 7) is 1.93. The summed E-state index contributed by atoms with van der Waals surface area (Å²) < 4.78 is 4.78. The molecule has 0 bridgehead atoms. The third-order valence-electron chi connectivity index (χ3n) is 1.78. The lowest BCUT2D eigenvalue weighted by Crippen LogP contribution is -2.57. The van der Waals surface area contributed by atoms with Gasteiger partial charge in [0.1, 0.15) is 0 Å². The van der Waals surface area contributed by atoms with Crippen LogP contribution >= 0.6 is 0 Å². The molecule has 2 N–H and O–H groups in total. The monoisotopic (exact) mass is 158 g/mol. The van der Waals surface area contributed by atoms with E-state index in [-0.39, 0.29) is 11.9 Å². The van der Waals surface area contributed by atoms with Gasteiger partial charge in [-0.05, 0) is 0 Å². The van der Waals surface area contributed by atoms with Crippen LogP contribution < -0.4 is 5.73 Å². The van der Waals surface area contributed by atoms with Gasteiger partial charge in [0, 0.05) is 26.2 Å². The number of ether oxygens (including phenoxy) is 1. The summed E-state index contributed by atoms with van der Waals surface area (Å²) in [4.78, 5) is 12.9. The first-order valence-electron chi connectivity index (χ1n) is 3.76. The van der Waals surface area contributed by atoms with Gasteiger partial charge in [0.25, 0.3) is 0 Å². The van der Waals surface area contributed by atoms with Gasteiger partial charge in [0.15, 0.2) is 0 Å². The van der Waals surface area contributed by atoms with Crippen LogP contribution in [0.15, 0.2) is 0 Å². The Morgan fingerprint density at radius 1 is 1.73 bits per heavy atom. The van der Waals surface area contributed by atoms with Gasteiger partial charge in [0.05, 0.1) is 13.0 Å². The van der Waals surface area contributed by atoms with Crippen molar-refractivity contribution in [3.05, 3.63) is 0 Å². The van der Waals surface area contributed by atoms with Gasteiger partial charge in [-0.25, -0.2) is 0 Å². The Morgan fingerprint density at radius 2 is 2.36 bits per heavy atom. The molecule has 1 aliphatic heterocycles. The van der Waals surface area contributed by atoms with Gasteiger partial charge < -0.3 is 15.4 Å². The van der Waals surface area contributed by atoms with Crippen LogP contribution in [0.25, 0.3) is 0 Å². The molecule has 1 fully saturated rings. The van der Waals surface area contributed by atoms with E-state index in [9.17, 15) is 4.79 Å². The summed E-state index contributed by atoms with van der Waals surface area (Å²) in [6, 6.07) is 0.196. The second kappa shape index (κ2) is 3.69. The van der Waals surface area contributed by atoms with E-state index in [2.05, 4.69) is 0 Å². The summed E-state index contributed by atoms with van der Waals surface area (Å²) in [6.07, 6.45) is 0.475. The van der Waals surface area contributed by atoms with Crippen molar-refractivity contribution in [3.8, 4) is 0 Å². The van der Waals surface area contributed by atoms with Crippen LogP contribution in [-0.4, -0.2) is 43.7 Å². The van der Waals surface area contributed by atoms with E-state index in [1.54, 1.807) is 12.0 Å². The molecular formula is C7H14N2O2. The Bertz CT molecular complexity index is 143. The molecule has 0 aromatic carbocycles. The van der Waals surface area contributed by atoms with Crippen LogP contribution in [0.3, 0.4) is 0 Å². The molecule has 0 aromatic rings. The van der Waals surface area contributed by atoms with Crippen LogP contribution in [-0.2, 0) is 9.53 Å². The average Bonchev–Trinajstić information content (AvgIpc) is 1.94. The largest absolute Gasteiger partial charge is 0.384 e. The Morgan fingerprint density at radius 3 is 2.82 bits per heavy atom. The Labute approximate surface area is 66.3 Å². The number of carbonyl (C=O) groups excluding carboxylic acids is 1. The molecule has 1 rings (SSSR count). The van der Waals surface area contributed by atoms with E-state index in [0.29, 0.717) is 26.1 Å². The molecule has 0 radical (unpaired) electrons. The zero-order valence-corrected chi connectivity index (χ0v) is 6.75. The number of carbonyl (C=O) groups is 1. The lowest BCUT2D eigenvalue weighted by Gasteiger charge is -2.36. The summed E-state index contributed by atoms with van der Waals surface area (Å²) in [5.74, 6) is 0.147. The van der Waals surface area contributed by atoms with Gasteiger partial charge in [-0.3, -0.25) is 4.79 Å². The van der Waals surface area contributed by atoms with Crippen molar-refractivity contribution >= 4 is 5.91 Å². The predicted octanol–water partition coefficient (Wildman–Crippen LogP) is -0.808. The molecular weight excluding hydrogens is 144 g/mol. The molecule has 0 unspecified atom stereocenters. The maximum absolute atomic E-state index is 11.1. The van der Waals surface area contributed by atoms with Crippen LogP contribution in [0.1, 0.15) is 6.42 Å². The highest BCUT2D eigenvalue weighted by Gasteiger charge is 2.26. The van der Waals surface area contributed by atoms with Crippen molar-refractivity contribution in [1.29, 1.82) is 0 Å². The number of hydrogen-bond acceptors (Lipinski definition) is 3. The molecule has 1 heterocycles. The average molecular weight is 158 g/mol. The summed E-state index contributed by atoms with van der Waals surface area (Å²) in [7, 11) is 1.59. The van der Waals surface area contributed by atoms with Crippen molar-refractivity contribution in [2.45, 2.75) is 12.5 Å². The fourth-order valence-electron chi connectivity index (χ4n) is 1.06. The molecule has 0 atom stereocenters. The van der Waals surface area contributed by atoms with Gasteiger partial charge in [-0.15, -0.1) is 0 Å². The van der Waals surface area contributed by atoms with Crippen molar-refractivity contribution in [2.24, 2.45) is 5.73 Å². The van der Waals surface area contributed by atoms with Crippen LogP contribution in [0.5, 0.6) is 0 Å². The minimum Gasteiger partial charge on any atom is -0.384 e. The Kier molecular flexibility index (Phi) is 2.84. The smallest absolute Gasteiger partial charge is 0.224 e. The minimum absolute atomic E-state index is 0.147. The summed E-state index contributed by atoms with van der Waals surface area (Å²) in [5, 5.41) is 0. The standard InChI is InChI=1S/C7H14N2O2/c1-11-3-2-7(10)9-4-6(8)5-9/h6H,2-5,8H2,1H3. The van der Waals surface area contributed by atoms with Crippen LogP contribution in [0, 0.1) is 0 Å². The highest BCUT2D eigenvalue weighted by Crippen LogP contribution is 2.06. The third-order valence-corrected chi connectivity index (χ3v) is 1.78. The Balaban J connectivity index is 2.11. The fraction of sp³-hybridized carbons (Fsp3) is 0.857. The maximum Gasteiger partial charge on any atom is 0.224 e. The predicted molar refractivity (Wildman–Crippen MR) is 41.0 cm³/mol. The van der Waals surface area contributed by atoms with Gasteiger partial charge in [-0.1, -0.05) is 0 Å².